The second kappa shape index (κ2) is 9.60. The lowest BCUT2D eigenvalue weighted by atomic mass is 9.98. The molecule has 0 aliphatic carbocycles. The van der Waals surface area contributed by atoms with Crippen LogP contribution < -0.4 is 4.47 Å². The summed E-state index contributed by atoms with van der Waals surface area (Å²) in [5, 5.41) is 15.3. The van der Waals surface area contributed by atoms with Gasteiger partial charge in [0.15, 0.2) is 0 Å². The van der Waals surface area contributed by atoms with Crippen LogP contribution in [0.5, 0.6) is 0 Å². The van der Waals surface area contributed by atoms with Crippen LogP contribution in [0.15, 0.2) is 51.9 Å². The van der Waals surface area contributed by atoms with Crippen LogP contribution in [0.3, 0.4) is 0 Å². The predicted molar refractivity (Wildman–Crippen MR) is 116 cm³/mol. The molecule has 0 aliphatic rings. The summed E-state index contributed by atoms with van der Waals surface area (Å²) < 4.78 is 11.9. The van der Waals surface area contributed by atoms with Crippen LogP contribution >= 0.6 is 27.9 Å². The van der Waals surface area contributed by atoms with Crippen molar-refractivity contribution in [3.05, 3.63) is 64.9 Å². The van der Waals surface area contributed by atoms with Crippen molar-refractivity contribution >= 4 is 33.7 Å². The summed E-state index contributed by atoms with van der Waals surface area (Å²) in [6, 6.07) is 14.3. The fourth-order valence-corrected chi connectivity index (χ4v) is 4.02. The highest BCUT2D eigenvalue weighted by Gasteiger charge is 2.18. The Kier molecular flexibility index (Phi) is 7.18. The molecule has 0 radical (unpaired) electrons. The first kappa shape index (κ1) is 20.9. The molecule has 0 fully saturated rings. The number of ether oxygens (including phenoxy) is 1. The minimum atomic E-state index is 0.404. The Hall–Kier alpha value is -1.80. The van der Waals surface area contributed by atoms with Gasteiger partial charge in [0, 0.05) is 34.3 Å². The Labute approximate surface area is 177 Å². The number of halogens is 1. The van der Waals surface area contributed by atoms with E-state index in [-0.39, 0.29) is 0 Å². The van der Waals surface area contributed by atoms with E-state index in [0.29, 0.717) is 24.8 Å². The first-order chi connectivity index (χ1) is 13.5. The van der Waals surface area contributed by atoms with E-state index in [4.69, 9.17) is 9.26 Å². The molecule has 5 nitrogen and oxygen atoms in total. The van der Waals surface area contributed by atoms with Gasteiger partial charge in [-0.1, -0.05) is 57.5 Å². The minimum Gasteiger partial charge on any atom is -0.377 e. The van der Waals surface area contributed by atoms with E-state index < -0.39 is 0 Å². The predicted octanol–water partition coefficient (Wildman–Crippen LogP) is 6.29. The molecule has 28 heavy (non-hydrogen) atoms. The normalized spacial score (nSPS) is 11.0. The van der Waals surface area contributed by atoms with Crippen molar-refractivity contribution in [2.75, 3.05) is 11.1 Å². The maximum absolute atomic E-state index is 10.6. The van der Waals surface area contributed by atoms with Crippen LogP contribution in [0.2, 0.25) is 0 Å². The lowest BCUT2D eigenvalue weighted by molar-refractivity contribution is 0.134. The number of nitrogens with zero attached hydrogens (tertiary/aromatic N) is 2. The first-order valence-corrected chi connectivity index (χ1v) is 10.9. The zero-order valence-corrected chi connectivity index (χ0v) is 18.5. The van der Waals surface area contributed by atoms with Gasteiger partial charge in [-0.25, -0.2) is 0 Å². The molecule has 0 atom stereocenters. The maximum atomic E-state index is 10.6. The van der Waals surface area contributed by atoms with Crippen molar-refractivity contribution in [1.82, 2.24) is 5.16 Å². The SMILES string of the molecule is CCOCc1cc(CBr)ccc1-c1ccccc1SN(O)c1noc(C)c1C. The summed E-state index contributed by atoms with van der Waals surface area (Å²) in [5.74, 6) is 1.09. The molecule has 0 unspecified atom stereocenters. The number of aryl methyl sites for hydroxylation is 1. The molecule has 0 saturated carbocycles. The van der Waals surface area contributed by atoms with E-state index in [9.17, 15) is 5.21 Å². The highest BCUT2D eigenvalue weighted by Crippen LogP contribution is 2.37. The van der Waals surface area contributed by atoms with Crippen LogP contribution in [-0.2, 0) is 16.7 Å². The Morgan fingerprint density at radius 2 is 1.96 bits per heavy atom. The Bertz CT molecular complexity index is 945. The monoisotopic (exact) mass is 462 g/mol. The smallest absolute Gasteiger partial charge is 0.210 e. The van der Waals surface area contributed by atoms with E-state index >= 15 is 0 Å². The highest BCUT2D eigenvalue weighted by molar-refractivity contribution is 9.08. The van der Waals surface area contributed by atoms with Crippen LogP contribution in [0.25, 0.3) is 11.1 Å². The fourth-order valence-electron chi connectivity index (χ4n) is 2.81. The topological polar surface area (TPSA) is 58.7 Å². The number of benzene rings is 2. The molecule has 0 spiro atoms. The zero-order valence-electron chi connectivity index (χ0n) is 16.1. The van der Waals surface area contributed by atoms with E-state index in [2.05, 4.69) is 45.4 Å². The lowest BCUT2D eigenvalue weighted by Gasteiger charge is -2.18. The molecule has 7 heteroatoms. The molecule has 2 aromatic carbocycles. The lowest BCUT2D eigenvalue weighted by Crippen LogP contribution is -2.09. The number of hydrogen-bond donors (Lipinski definition) is 1. The van der Waals surface area contributed by atoms with Gasteiger partial charge in [0.05, 0.1) is 6.61 Å². The Balaban J connectivity index is 1.97. The maximum Gasteiger partial charge on any atom is 0.210 e. The summed E-state index contributed by atoms with van der Waals surface area (Å²) in [6.45, 7) is 6.88. The van der Waals surface area contributed by atoms with Crippen LogP contribution in [-0.4, -0.2) is 17.0 Å². The van der Waals surface area contributed by atoms with Gasteiger partial charge in [0.1, 0.15) is 5.76 Å². The van der Waals surface area contributed by atoms with Crippen molar-refractivity contribution in [1.29, 1.82) is 0 Å². The molecular formula is C21H23BrN2O3S. The van der Waals surface area contributed by atoms with Gasteiger partial charge in [-0.05, 0) is 49.1 Å². The Morgan fingerprint density at radius 3 is 2.64 bits per heavy atom. The van der Waals surface area contributed by atoms with E-state index in [1.54, 1.807) is 0 Å². The number of alkyl halides is 1. The van der Waals surface area contributed by atoms with Gasteiger partial charge in [0.2, 0.25) is 5.82 Å². The van der Waals surface area contributed by atoms with Crippen molar-refractivity contribution in [3.63, 3.8) is 0 Å². The second-order valence-corrected chi connectivity index (χ2v) is 7.84. The molecule has 0 amide bonds. The fraction of sp³-hybridized carbons (Fsp3) is 0.286. The third-order valence-corrected chi connectivity index (χ3v) is 6.01. The van der Waals surface area contributed by atoms with Crippen LogP contribution in [0, 0.1) is 13.8 Å². The van der Waals surface area contributed by atoms with E-state index in [0.717, 1.165) is 36.9 Å². The van der Waals surface area contributed by atoms with Crippen molar-refractivity contribution in [2.45, 2.75) is 37.6 Å². The summed E-state index contributed by atoms with van der Waals surface area (Å²) in [7, 11) is 0. The molecule has 0 bridgehead atoms. The second-order valence-electron chi connectivity index (χ2n) is 6.31. The standard InChI is InChI=1S/C21H23BrN2O3S/c1-4-26-13-17-11-16(12-22)9-10-18(17)19-7-5-6-8-20(19)28-24(25)21-14(2)15(3)27-23-21/h5-11,25H,4,12-13H2,1-3H3. The van der Waals surface area contributed by atoms with Crippen molar-refractivity contribution in [3.8, 4) is 11.1 Å². The minimum absolute atomic E-state index is 0.404. The van der Waals surface area contributed by atoms with Gasteiger partial charge in [0.25, 0.3) is 0 Å². The summed E-state index contributed by atoms with van der Waals surface area (Å²) in [6.07, 6.45) is 0. The van der Waals surface area contributed by atoms with Crippen molar-refractivity contribution < 1.29 is 14.5 Å². The number of aromatic nitrogens is 1. The number of hydrogen-bond acceptors (Lipinski definition) is 6. The molecule has 148 valence electrons. The third-order valence-electron chi connectivity index (χ3n) is 4.46. The van der Waals surface area contributed by atoms with E-state index in [1.807, 2.05) is 39.0 Å². The molecule has 1 N–H and O–H groups in total. The van der Waals surface area contributed by atoms with Gasteiger partial charge < -0.3 is 9.26 Å². The molecule has 0 aliphatic heterocycles. The molecular weight excluding hydrogens is 440 g/mol. The molecule has 0 saturated heterocycles. The third kappa shape index (κ3) is 4.60. The van der Waals surface area contributed by atoms with Gasteiger partial charge in [-0.3, -0.25) is 5.21 Å². The average molecular weight is 463 g/mol. The number of rotatable bonds is 8. The summed E-state index contributed by atoms with van der Waals surface area (Å²) in [4.78, 5) is 0.911. The van der Waals surface area contributed by atoms with Gasteiger partial charge in [-0.2, -0.15) is 4.47 Å². The largest absolute Gasteiger partial charge is 0.377 e. The van der Waals surface area contributed by atoms with Crippen LogP contribution in [0.1, 0.15) is 29.4 Å². The quantitative estimate of drug-likeness (QED) is 0.241. The molecule has 3 rings (SSSR count). The van der Waals surface area contributed by atoms with Gasteiger partial charge >= 0.3 is 0 Å². The number of anilines is 1. The summed E-state index contributed by atoms with van der Waals surface area (Å²) >= 11 is 4.73. The highest BCUT2D eigenvalue weighted by atomic mass is 79.9. The zero-order chi connectivity index (χ0) is 20.1. The Morgan fingerprint density at radius 1 is 1.18 bits per heavy atom. The summed E-state index contributed by atoms with van der Waals surface area (Å²) in [5.41, 5.74) is 5.24. The average Bonchev–Trinajstić information content (AvgIpc) is 3.05. The first-order valence-electron chi connectivity index (χ1n) is 8.99. The molecule has 1 heterocycles. The van der Waals surface area contributed by atoms with Crippen LogP contribution in [0.4, 0.5) is 5.82 Å². The van der Waals surface area contributed by atoms with E-state index in [1.165, 1.54) is 17.5 Å². The molecule has 3 aromatic rings. The molecule has 1 aromatic heterocycles. The van der Waals surface area contributed by atoms with Crippen molar-refractivity contribution in [2.24, 2.45) is 0 Å². The van der Waals surface area contributed by atoms with Gasteiger partial charge in [-0.15, -0.1) is 0 Å².